The molecule has 98 valence electrons. The second-order valence-electron chi connectivity index (χ2n) is 4.18. The van der Waals surface area contributed by atoms with Crippen molar-refractivity contribution >= 4 is 28.5 Å². The number of carbonyl (C=O) groups is 2. The number of rotatable bonds is 2. The molecule has 7 nitrogen and oxygen atoms in total. The number of aliphatic carboxylic acids is 1. The highest BCUT2D eigenvalue weighted by Gasteiger charge is 2.28. The highest BCUT2D eigenvalue weighted by Crippen LogP contribution is 2.19. The molecule has 1 atom stereocenters. The van der Waals surface area contributed by atoms with Crippen molar-refractivity contribution in [2.45, 2.75) is 19.8 Å². The van der Waals surface area contributed by atoms with Crippen LogP contribution in [0.15, 0.2) is 0 Å². The van der Waals surface area contributed by atoms with Crippen LogP contribution in [0, 0.1) is 12.8 Å². The number of piperidine rings is 1. The number of nitrogens with one attached hydrogen (secondary N) is 1. The number of hydrogen-bond acceptors (Lipinski definition) is 5. The molecule has 1 aliphatic heterocycles. The van der Waals surface area contributed by atoms with Crippen LogP contribution < -0.4 is 5.32 Å². The number of nitrogens with zero attached hydrogens (tertiary/aromatic N) is 3. The van der Waals surface area contributed by atoms with Gasteiger partial charge >= 0.3 is 12.0 Å². The van der Waals surface area contributed by atoms with Crippen LogP contribution >= 0.6 is 11.3 Å². The van der Waals surface area contributed by atoms with Gasteiger partial charge in [-0.05, 0) is 19.8 Å². The zero-order chi connectivity index (χ0) is 13.1. The standard InChI is InChI=1S/C10H14N4O3S/c1-6-12-13-9(18-6)11-10(17)14-4-2-3-7(5-14)8(15)16/h7H,2-5H2,1H3,(H,15,16)(H,11,13,17). The number of aryl methyl sites for hydroxylation is 1. The van der Waals surface area contributed by atoms with Crippen LogP contribution in [-0.4, -0.2) is 45.3 Å². The maximum Gasteiger partial charge on any atom is 0.323 e. The van der Waals surface area contributed by atoms with Crippen LogP contribution in [0.25, 0.3) is 0 Å². The first kappa shape index (κ1) is 12.7. The summed E-state index contributed by atoms with van der Waals surface area (Å²) < 4.78 is 0. The monoisotopic (exact) mass is 270 g/mol. The van der Waals surface area contributed by atoms with Crippen molar-refractivity contribution in [3.63, 3.8) is 0 Å². The minimum atomic E-state index is -0.848. The summed E-state index contributed by atoms with van der Waals surface area (Å²) in [5, 5.41) is 20.4. The van der Waals surface area contributed by atoms with Gasteiger partial charge in [0.2, 0.25) is 5.13 Å². The number of hydrogen-bond donors (Lipinski definition) is 2. The summed E-state index contributed by atoms with van der Waals surface area (Å²) in [5.41, 5.74) is 0. The molecule has 0 aliphatic carbocycles. The number of amides is 2. The van der Waals surface area contributed by atoms with Crippen molar-refractivity contribution in [3.8, 4) is 0 Å². The Morgan fingerprint density at radius 1 is 1.50 bits per heavy atom. The molecule has 1 fully saturated rings. The number of carbonyl (C=O) groups excluding carboxylic acids is 1. The molecule has 2 rings (SSSR count). The lowest BCUT2D eigenvalue weighted by molar-refractivity contribution is -0.143. The van der Waals surface area contributed by atoms with Crippen LogP contribution in [0.1, 0.15) is 17.8 Å². The highest BCUT2D eigenvalue weighted by molar-refractivity contribution is 7.15. The average molecular weight is 270 g/mol. The van der Waals surface area contributed by atoms with E-state index in [4.69, 9.17) is 5.11 Å². The molecule has 0 aromatic carbocycles. The molecule has 1 aromatic heterocycles. The fourth-order valence-corrected chi connectivity index (χ4v) is 2.46. The molecule has 18 heavy (non-hydrogen) atoms. The first-order chi connectivity index (χ1) is 8.56. The van der Waals surface area contributed by atoms with Gasteiger partial charge in [-0.1, -0.05) is 11.3 Å². The second kappa shape index (κ2) is 5.30. The summed E-state index contributed by atoms with van der Waals surface area (Å²) in [6.07, 6.45) is 1.33. The van der Waals surface area contributed by atoms with E-state index in [1.54, 1.807) is 6.92 Å². The molecule has 2 heterocycles. The number of carboxylic acids is 1. The van der Waals surface area contributed by atoms with Crippen molar-refractivity contribution in [1.29, 1.82) is 0 Å². The van der Waals surface area contributed by atoms with Crippen LogP contribution in [0.5, 0.6) is 0 Å². The van der Waals surface area contributed by atoms with E-state index in [1.807, 2.05) is 0 Å². The maximum atomic E-state index is 11.9. The number of aromatic nitrogens is 2. The SMILES string of the molecule is Cc1nnc(NC(=O)N2CCCC(C(=O)O)C2)s1. The maximum absolute atomic E-state index is 11.9. The summed E-state index contributed by atoms with van der Waals surface area (Å²) in [5.74, 6) is -1.32. The minimum Gasteiger partial charge on any atom is -0.481 e. The Morgan fingerprint density at radius 2 is 2.28 bits per heavy atom. The lowest BCUT2D eigenvalue weighted by Crippen LogP contribution is -2.44. The fourth-order valence-electron chi connectivity index (χ4n) is 1.88. The van der Waals surface area contributed by atoms with Gasteiger partial charge in [0.15, 0.2) is 0 Å². The minimum absolute atomic E-state index is 0.249. The lowest BCUT2D eigenvalue weighted by atomic mass is 9.99. The van der Waals surface area contributed by atoms with Gasteiger partial charge < -0.3 is 10.0 Å². The van der Waals surface area contributed by atoms with Gasteiger partial charge in [-0.25, -0.2) is 4.79 Å². The van der Waals surface area contributed by atoms with E-state index in [0.717, 1.165) is 5.01 Å². The Bertz CT molecular complexity index is 462. The van der Waals surface area contributed by atoms with Gasteiger partial charge in [0.25, 0.3) is 0 Å². The summed E-state index contributed by atoms with van der Waals surface area (Å²) in [6, 6.07) is -0.308. The lowest BCUT2D eigenvalue weighted by Gasteiger charge is -2.30. The van der Waals surface area contributed by atoms with Crippen molar-refractivity contribution in [3.05, 3.63) is 5.01 Å². The normalized spacial score (nSPS) is 19.6. The third-order valence-electron chi connectivity index (χ3n) is 2.80. The first-order valence-electron chi connectivity index (χ1n) is 5.65. The fraction of sp³-hybridized carbons (Fsp3) is 0.600. The summed E-state index contributed by atoms with van der Waals surface area (Å²) in [6.45, 7) is 2.63. The van der Waals surface area contributed by atoms with E-state index >= 15 is 0 Å². The molecule has 2 amide bonds. The van der Waals surface area contributed by atoms with Crippen molar-refractivity contribution in [2.75, 3.05) is 18.4 Å². The van der Waals surface area contributed by atoms with Gasteiger partial charge in [-0.3, -0.25) is 10.1 Å². The Balaban J connectivity index is 1.94. The van der Waals surface area contributed by atoms with Gasteiger partial charge in [-0.15, -0.1) is 10.2 Å². The van der Waals surface area contributed by atoms with E-state index in [1.165, 1.54) is 16.2 Å². The van der Waals surface area contributed by atoms with Crippen molar-refractivity contribution in [2.24, 2.45) is 5.92 Å². The van der Waals surface area contributed by atoms with Crippen molar-refractivity contribution in [1.82, 2.24) is 15.1 Å². The van der Waals surface area contributed by atoms with Crippen LogP contribution in [0.4, 0.5) is 9.93 Å². The Labute approximate surface area is 108 Å². The number of likely N-dealkylation sites (tertiary alicyclic amines) is 1. The molecule has 2 N–H and O–H groups in total. The predicted octanol–water partition coefficient (Wildman–Crippen LogP) is 1.18. The first-order valence-corrected chi connectivity index (χ1v) is 6.47. The van der Waals surface area contributed by atoms with Crippen molar-refractivity contribution < 1.29 is 14.7 Å². The molecule has 1 saturated heterocycles. The number of urea groups is 1. The Morgan fingerprint density at radius 3 is 2.89 bits per heavy atom. The Kier molecular flexibility index (Phi) is 3.75. The van der Waals surface area contributed by atoms with Gasteiger partial charge in [-0.2, -0.15) is 0 Å². The number of carboxylic acid groups (broad SMARTS) is 1. The van der Waals surface area contributed by atoms with E-state index in [9.17, 15) is 9.59 Å². The zero-order valence-electron chi connectivity index (χ0n) is 9.92. The molecule has 1 unspecified atom stereocenters. The molecule has 0 saturated carbocycles. The molecular weight excluding hydrogens is 256 g/mol. The third-order valence-corrected chi connectivity index (χ3v) is 3.55. The van der Waals surface area contributed by atoms with E-state index in [-0.39, 0.29) is 12.6 Å². The summed E-state index contributed by atoms with van der Waals surface area (Å²) >= 11 is 1.29. The largest absolute Gasteiger partial charge is 0.481 e. The van der Waals surface area contributed by atoms with E-state index in [0.29, 0.717) is 24.5 Å². The van der Waals surface area contributed by atoms with E-state index < -0.39 is 11.9 Å². The number of anilines is 1. The molecule has 1 aliphatic rings. The quantitative estimate of drug-likeness (QED) is 0.841. The third kappa shape index (κ3) is 2.95. The second-order valence-corrected chi connectivity index (χ2v) is 5.36. The molecule has 0 spiro atoms. The summed E-state index contributed by atoms with van der Waals surface area (Å²) in [4.78, 5) is 24.3. The average Bonchev–Trinajstić information content (AvgIpc) is 2.75. The molecule has 0 radical (unpaired) electrons. The van der Waals surface area contributed by atoms with E-state index in [2.05, 4.69) is 15.5 Å². The van der Waals surface area contributed by atoms with Crippen LogP contribution in [0.2, 0.25) is 0 Å². The highest BCUT2D eigenvalue weighted by atomic mass is 32.1. The van der Waals surface area contributed by atoms with Crippen LogP contribution in [-0.2, 0) is 4.79 Å². The molecule has 8 heteroatoms. The molecule has 1 aromatic rings. The smallest absolute Gasteiger partial charge is 0.323 e. The zero-order valence-corrected chi connectivity index (χ0v) is 10.7. The predicted molar refractivity (Wildman–Crippen MR) is 65.6 cm³/mol. The van der Waals surface area contributed by atoms with Gasteiger partial charge in [0.1, 0.15) is 5.01 Å². The topological polar surface area (TPSA) is 95.4 Å². The van der Waals surface area contributed by atoms with Crippen LogP contribution in [0.3, 0.4) is 0 Å². The van der Waals surface area contributed by atoms with Gasteiger partial charge in [0.05, 0.1) is 5.92 Å². The molecule has 0 bridgehead atoms. The van der Waals surface area contributed by atoms with Gasteiger partial charge in [0, 0.05) is 13.1 Å². The molecular formula is C10H14N4O3S. The Hall–Kier alpha value is -1.70. The summed E-state index contributed by atoms with van der Waals surface area (Å²) in [7, 11) is 0.